The maximum atomic E-state index is 11.9. The predicted octanol–water partition coefficient (Wildman–Crippen LogP) is 3.08. The van der Waals surface area contributed by atoms with Gasteiger partial charge in [-0.15, -0.1) is 11.8 Å². The van der Waals surface area contributed by atoms with E-state index in [1.54, 1.807) is 19.9 Å². The number of hydrogen-bond acceptors (Lipinski definition) is 5. The zero-order valence-electron chi connectivity index (χ0n) is 12.1. The van der Waals surface area contributed by atoms with Gasteiger partial charge in [0.25, 0.3) is 0 Å². The summed E-state index contributed by atoms with van der Waals surface area (Å²) in [6.07, 6.45) is 2.78. The molecular weight excluding hydrogens is 276 g/mol. The van der Waals surface area contributed by atoms with Crippen LogP contribution in [-0.2, 0) is 20.7 Å². The summed E-state index contributed by atoms with van der Waals surface area (Å²) in [5.41, 5.74) is 1.52. The molecule has 0 spiro atoms. The minimum Gasteiger partial charge on any atom is -0.466 e. The van der Waals surface area contributed by atoms with Crippen LogP contribution in [0.4, 0.5) is 0 Å². The van der Waals surface area contributed by atoms with Gasteiger partial charge in [0, 0.05) is 11.3 Å². The molecule has 1 rings (SSSR count). The number of aryl methyl sites for hydroxylation is 1. The second-order valence-corrected chi connectivity index (χ2v) is 4.84. The Morgan fingerprint density at radius 3 is 2.45 bits per heavy atom. The Morgan fingerprint density at radius 1 is 1.15 bits per heavy atom. The maximum Gasteiger partial charge on any atom is 0.339 e. The van der Waals surface area contributed by atoms with Crippen LogP contribution in [0.25, 0.3) is 0 Å². The Kier molecular flexibility index (Phi) is 7.15. The number of rotatable bonds is 7. The van der Waals surface area contributed by atoms with Gasteiger partial charge in [-0.25, -0.2) is 4.79 Å². The topological polar surface area (TPSA) is 52.6 Å². The zero-order chi connectivity index (χ0) is 15.0. The van der Waals surface area contributed by atoms with E-state index in [9.17, 15) is 9.59 Å². The lowest BCUT2D eigenvalue weighted by Crippen LogP contribution is -2.09. The van der Waals surface area contributed by atoms with Crippen molar-refractivity contribution < 1.29 is 19.1 Å². The second-order valence-electron chi connectivity index (χ2n) is 4.02. The van der Waals surface area contributed by atoms with Crippen molar-refractivity contribution in [1.29, 1.82) is 0 Å². The summed E-state index contributed by atoms with van der Waals surface area (Å²) in [5, 5.41) is 0. The molecule has 0 aliphatic rings. The largest absolute Gasteiger partial charge is 0.466 e. The Labute approximate surface area is 123 Å². The molecule has 0 saturated carbocycles. The number of benzene rings is 1. The Hall–Kier alpha value is -1.49. The zero-order valence-corrected chi connectivity index (χ0v) is 12.9. The van der Waals surface area contributed by atoms with Gasteiger partial charge in [0.2, 0.25) is 0 Å². The van der Waals surface area contributed by atoms with E-state index < -0.39 is 0 Å². The molecule has 0 N–H and O–H groups in total. The molecule has 5 heteroatoms. The van der Waals surface area contributed by atoms with Crippen molar-refractivity contribution in [3.05, 3.63) is 29.3 Å². The smallest absolute Gasteiger partial charge is 0.339 e. The van der Waals surface area contributed by atoms with Gasteiger partial charge in [0.1, 0.15) is 0 Å². The predicted molar refractivity (Wildman–Crippen MR) is 79.1 cm³/mol. The van der Waals surface area contributed by atoms with E-state index in [0.29, 0.717) is 31.6 Å². The van der Waals surface area contributed by atoms with Gasteiger partial charge >= 0.3 is 11.9 Å². The fraction of sp³-hybridized carbons (Fsp3) is 0.467. The highest BCUT2D eigenvalue weighted by Crippen LogP contribution is 2.27. The van der Waals surface area contributed by atoms with Gasteiger partial charge in [-0.05, 0) is 38.2 Å². The van der Waals surface area contributed by atoms with E-state index in [1.165, 1.54) is 11.8 Å². The lowest BCUT2D eigenvalue weighted by atomic mass is 10.1. The van der Waals surface area contributed by atoms with E-state index >= 15 is 0 Å². The van der Waals surface area contributed by atoms with Crippen LogP contribution in [0.15, 0.2) is 23.1 Å². The van der Waals surface area contributed by atoms with Crippen LogP contribution >= 0.6 is 11.8 Å². The van der Waals surface area contributed by atoms with Crippen molar-refractivity contribution in [2.75, 3.05) is 19.5 Å². The third-order valence-corrected chi connectivity index (χ3v) is 3.59. The molecule has 0 saturated heterocycles. The first-order chi connectivity index (χ1) is 9.63. The second kappa shape index (κ2) is 8.64. The van der Waals surface area contributed by atoms with Gasteiger partial charge in [-0.2, -0.15) is 0 Å². The third kappa shape index (κ3) is 4.56. The Bertz CT molecular complexity index is 471. The highest BCUT2D eigenvalue weighted by Gasteiger charge is 2.15. The number of carbonyl (C=O) groups is 2. The molecule has 0 unspecified atom stereocenters. The minimum absolute atomic E-state index is 0.221. The molecule has 0 fully saturated rings. The summed E-state index contributed by atoms with van der Waals surface area (Å²) in [4.78, 5) is 24.2. The molecule has 0 amide bonds. The standard InChI is InChI=1S/C15H20O4S/c1-4-18-13(16)10-9-11-7-6-8-12(14(11)20-3)15(17)19-5-2/h6-8H,4-5,9-10H2,1-3H3. The molecule has 0 aliphatic heterocycles. The number of esters is 2. The average Bonchev–Trinajstić information content (AvgIpc) is 2.45. The monoisotopic (exact) mass is 296 g/mol. The molecule has 1 aromatic carbocycles. The SMILES string of the molecule is CCOC(=O)CCc1cccc(C(=O)OCC)c1SC. The van der Waals surface area contributed by atoms with Crippen LogP contribution in [-0.4, -0.2) is 31.4 Å². The van der Waals surface area contributed by atoms with E-state index in [-0.39, 0.29) is 11.9 Å². The fourth-order valence-corrected chi connectivity index (χ4v) is 2.67. The van der Waals surface area contributed by atoms with Crippen molar-refractivity contribution >= 4 is 23.7 Å². The fourth-order valence-electron chi connectivity index (χ4n) is 1.86. The molecule has 0 radical (unpaired) electrons. The summed E-state index contributed by atoms with van der Waals surface area (Å²) < 4.78 is 9.96. The van der Waals surface area contributed by atoms with E-state index in [2.05, 4.69) is 0 Å². The first-order valence-electron chi connectivity index (χ1n) is 6.62. The number of carbonyl (C=O) groups excluding carboxylic acids is 2. The van der Waals surface area contributed by atoms with Crippen molar-refractivity contribution in [3.63, 3.8) is 0 Å². The third-order valence-electron chi connectivity index (χ3n) is 2.70. The van der Waals surface area contributed by atoms with Crippen LogP contribution in [0.1, 0.15) is 36.2 Å². The van der Waals surface area contributed by atoms with Gasteiger partial charge < -0.3 is 9.47 Å². The van der Waals surface area contributed by atoms with Crippen molar-refractivity contribution in [2.45, 2.75) is 31.6 Å². The quantitative estimate of drug-likeness (QED) is 0.571. The Balaban J connectivity index is 2.88. The molecule has 20 heavy (non-hydrogen) atoms. The molecule has 1 aromatic rings. The molecule has 0 heterocycles. The lowest BCUT2D eigenvalue weighted by molar-refractivity contribution is -0.143. The van der Waals surface area contributed by atoms with E-state index in [1.807, 2.05) is 18.4 Å². The molecular formula is C15H20O4S. The normalized spacial score (nSPS) is 10.2. The lowest BCUT2D eigenvalue weighted by Gasteiger charge is -2.12. The van der Waals surface area contributed by atoms with Crippen LogP contribution in [0, 0.1) is 0 Å². The summed E-state index contributed by atoms with van der Waals surface area (Å²) in [6, 6.07) is 5.48. The van der Waals surface area contributed by atoms with Gasteiger partial charge in [0.15, 0.2) is 0 Å². The summed E-state index contributed by atoms with van der Waals surface area (Å²) in [5.74, 6) is -0.545. The highest BCUT2D eigenvalue weighted by atomic mass is 32.2. The molecule has 0 aromatic heterocycles. The van der Waals surface area contributed by atoms with Crippen LogP contribution in [0.3, 0.4) is 0 Å². The van der Waals surface area contributed by atoms with E-state index in [4.69, 9.17) is 9.47 Å². The van der Waals surface area contributed by atoms with Gasteiger partial charge in [-0.3, -0.25) is 4.79 Å². The number of ether oxygens (including phenoxy) is 2. The first-order valence-corrected chi connectivity index (χ1v) is 7.85. The summed E-state index contributed by atoms with van der Waals surface area (Å²) in [6.45, 7) is 4.30. The first kappa shape index (κ1) is 16.6. The number of thioether (sulfide) groups is 1. The van der Waals surface area contributed by atoms with Gasteiger partial charge in [-0.1, -0.05) is 12.1 Å². The molecule has 0 aliphatic carbocycles. The molecule has 110 valence electrons. The number of hydrogen-bond donors (Lipinski definition) is 0. The highest BCUT2D eigenvalue weighted by molar-refractivity contribution is 7.98. The van der Waals surface area contributed by atoms with Crippen molar-refractivity contribution in [2.24, 2.45) is 0 Å². The van der Waals surface area contributed by atoms with Crippen molar-refractivity contribution in [3.8, 4) is 0 Å². The average molecular weight is 296 g/mol. The summed E-state index contributed by atoms with van der Waals surface area (Å²) >= 11 is 1.49. The molecule has 0 atom stereocenters. The van der Waals surface area contributed by atoms with Crippen LogP contribution in [0.5, 0.6) is 0 Å². The minimum atomic E-state index is -0.324. The summed E-state index contributed by atoms with van der Waals surface area (Å²) in [7, 11) is 0. The molecule has 4 nitrogen and oxygen atoms in total. The molecule has 0 bridgehead atoms. The van der Waals surface area contributed by atoms with E-state index in [0.717, 1.165) is 10.5 Å². The van der Waals surface area contributed by atoms with Crippen LogP contribution in [0.2, 0.25) is 0 Å². The maximum absolute atomic E-state index is 11.9. The van der Waals surface area contributed by atoms with Crippen LogP contribution < -0.4 is 0 Å². The Morgan fingerprint density at radius 2 is 1.85 bits per heavy atom. The van der Waals surface area contributed by atoms with Crippen molar-refractivity contribution in [1.82, 2.24) is 0 Å². The van der Waals surface area contributed by atoms with Gasteiger partial charge in [0.05, 0.1) is 18.8 Å².